The van der Waals surface area contributed by atoms with Gasteiger partial charge >= 0.3 is 0 Å². The standard InChI is InChI=1S/C18H23FN2O3/c1-12-2-3-16(15(19)8-12)21-10-14(9-17(21)23)18(24)20-6-4-13(11-22)5-7-20/h2-3,8,13-14,22H,4-7,9-11H2,1H3. The Bertz CT molecular complexity index is 641. The molecule has 0 saturated carbocycles. The number of carbonyl (C=O) groups excluding carboxylic acids is 2. The zero-order valence-corrected chi connectivity index (χ0v) is 13.9. The third-order valence-corrected chi connectivity index (χ3v) is 5.05. The number of rotatable bonds is 3. The molecule has 0 spiro atoms. The van der Waals surface area contributed by atoms with Crippen molar-refractivity contribution in [3.05, 3.63) is 29.6 Å². The molecule has 130 valence electrons. The van der Waals surface area contributed by atoms with Crippen molar-refractivity contribution in [3.8, 4) is 0 Å². The van der Waals surface area contributed by atoms with Crippen LogP contribution >= 0.6 is 0 Å². The molecular weight excluding hydrogens is 311 g/mol. The number of amides is 2. The summed E-state index contributed by atoms with van der Waals surface area (Å²) in [5, 5.41) is 9.18. The molecular formula is C18H23FN2O3. The smallest absolute Gasteiger partial charge is 0.228 e. The lowest BCUT2D eigenvalue weighted by Gasteiger charge is -2.32. The first-order valence-corrected chi connectivity index (χ1v) is 8.45. The minimum absolute atomic E-state index is 0.0326. The van der Waals surface area contributed by atoms with Crippen LogP contribution in [-0.4, -0.2) is 48.1 Å². The van der Waals surface area contributed by atoms with E-state index in [1.54, 1.807) is 24.0 Å². The van der Waals surface area contributed by atoms with Crippen LogP contribution in [0.5, 0.6) is 0 Å². The molecule has 1 aromatic carbocycles. The summed E-state index contributed by atoms with van der Waals surface area (Å²) < 4.78 is 14.1. The van der Waals surface area contributed by atoms with Gasteiger partial charge in [0.15, 0.2) is 0 Å². The van der Waals surface area contributed by atoms with Crippen molar-refractivity contribution < 1.29 is 19.1 Å². The average Bonchev–Trinajstić information content (AvgIpc) is 2.96. The molecule has 1 atom stereocenters. The van der Waals surface area contributed by atoms with Gasteiger partial charge in [-0.3, -0.25) is 9.59 Å². The number of aryl methyl sites for hydroxylation is 1. The number of piperidine rings is 1. The van der Waals surface area contributed by atoms with Gasteiger partial charge in [-0.1, -0.05) is 6.07 Å². The molecule has 5 nitrogen and oxygen atoms in total. The number of aliphatic hydroxyl groups is 1. The Hall–Kier alpha value is -1.95. The molecule has 2 aliphatic rings. The van der Waals surface area contributed by atoms with Gasteiger partial charge in [0.25, 0.3) is 0 Å². The maximum atomic E-state index is 14.1. The third-order valence-electron chi connectivity index (χ3n) is 5.05. The molecule has 2 aliphatic heterocycles. The SMILES string of the molecule is Cc1ccc(N2CC(C(=O)N3CCC(CO)CC3)CC2=O)c(F)c1. The van der Waals surface area contributed by atoms with Gasteiger partial charge in [0.1, 0.15) is 5.82 Å². The van der Waals surface area contributed by atoms with E-state index in [1.165, 1.54) is 11.0 Å². The first kappa shape index (κ1) is 16.9. The second-order valence-electron chi connectivity index (χ2n) is 6.81. The predicted octanol–water partition coefficient (Wildman–Crippen LogP) is 1.72. The molecule has 0 radical (unpaired) electrons. The lowest BCUT2D eigenvalue weighted by molar-refractivity contribution is -0.137. The van der Waals surface area contributed by atoms with Gasteiger partial charge in [-0.15, -0.1) is 0 Å². The number of anilines is 1. The highest BCUT2D eigenvalue weighted by Crippen LogP contribution is 2.30. The van der Waals surface area contributed by atoms with Gasteiger partial charge in [0, 0.05) is 32.7 Å². The van der Waals surface area contributed by atoms with Crippen LogP contribution in [0.4, 0.5) is 10.1 Å². The number of carbonyl (C=O) groups is 2. The number of hydrogen-bond donors (Lipinski definition) is 1. The summed E-state index contributed by atoms with van der Waals surface area (Å²) in [6, 6.07) is 4.76. The van der Waals surface area contributed by atoms with E-state index in [0.29, 0.717) is 13.1 Å². The molecule has 2 fully saturated rings. The van der Waals surface area contributed by atoms with Crippen LogP contribution in [0, 0.1) is 24.6 Å². The summed E-state index contributed by atoms with van der Waals surface area (Å²) in [5.41, 5.74) is 1.04. The van der Waals surface area contributed by atoms with E-state index in [2.05, 4.69) is 0 Å². The summed E-state index contributed by atoms with van der Waals surface area (Å²) >= 11 is 0. The Morgan fingerprint density at radius 3 is 2.67 bits per heavy atom. The Labute approximate surface area is 141 Å². The predicted molar refractivity (Wildman–Crippen MR) is 88.0 cm³/mol. The highest BCUT2D eigenvalue weighted by Gasteiger charge is 2.38. The first-order chi connectivity index (χ1) is 11.5. The molecule has 0 bridgehead atoms. The zero-order valence-electron chi connectivity index (χ0n) is 13.9. The normalized spacial score (nSPS) is 22.3. The van der Waals surface area contributed by atoms with Gasteiger partial charge in [-0.2, -0.15) is 0 Å². The summed E-state index contributed by atoms with van der Waals surface area (Å²) in [5.74, 6) is -0.822. The van der Waals surface area contributed by atoms with E-state index in [4.69, 9.17) is 0 Å². The molecule has 0 aromatic heterocycles. The maximum Gasteiger partial charge on any atom is 0.228 e. The Morgan fingerprint density at radius 1 is 1.33 bits per heavy atom. The minimum atomic E-state index is -0.430. The highest BCUT2D eigenvalue weighted by atomic mass is 19.1. The van der Waals surface area contributed by atoms with E-state index in [-0.39, 0.29) is 43.0 Å². The maximum absolute atomic E-state index is 14.1. The summed E-state index contributed by atoms with van der Waals surface area (Å²) in [7, 11) is 0. The summed E-state index contributed by atoms with van der Waals surface area (Å²) in [6.45, 7) is 3.42. The number of benzene rings is 1. The molecule has 2 amide bonds. The number of aliphatic hydroxyl groups excluding tert-OH is 1. The van der Waals surface area contributed by atoms with Gasteiger partial charge in [0.05, 0.1) is 11.6 Å². The molecule has 1 unspecified atom stereocenters. The van der Waals surface area contributed by atoms with Gasteiger partial charge in [-0.25, -0.2) is 4.39 Å². The van der Waals surface area contributed by atoms with Crippen molar-refractivity contribution in [1.29, 1.82) is 0 Å². The van der Waals surface area contributed by atoms with Crippen LogP contribution in [0.15, 0.2) is 18.2 Å². The van der Waals surface area contributed by atoms with E-state index in [0.717, 1.165) is 18.4 Å². The average molecular weight is 334 g/mol. The highest BCUT2D eigenvalue weighted by molar-refractivity contribution is 6.00. The van der Waals surface area contributed by atoms with Crippen LogP contribution in [-0.2, 0) is 9.59 Å². The first-order valence-electron chi connectivity index (χ1n) is 8.45. The van der Waals surface area contributed by atoms with E-state index >= 15 is 0 Å². The van der Waals surface area contributed by atoms with Gasteiger partial charge < -0.3 is 14.9 Å². The largest absolute Gasteiger partial charge is 0.396 e. The van der Waals surface area contributed by atoms with Crippen molar-refractivity contribution in [3.63, 3.8) is 0 Å². The minimum Gasteiger partial charge on any atom is -0.396 e. The Morgan fingerprint density at radius 2 is 2.04 bits per heavy atom. The van der Waals surface area contributed by atoms with Crippen LogP contribution in [0.1, 0.15) is 24.8 Å². The molecule has 0 aliphatic carbocycles. The quantitative estimate of drug-likeness (QED) is 0.915. The van der Waals surface area contributed by atoms with Crippen LogP contribution in [0.3, 0.4) is 0 Å². The summed E-state index contributed by atoms with van der Waals surface area (Å²) in [6.07, 6.45) is 1.71. The van der Waals surface area contributed by atoms with E-state index in [1.807, 2.05) is 0 Å². The van der Waals surface area contributed by atoms with E-state index in [9.17, 15) is 19.1 Å². The van der Waals surface area contributed by atoms with Crippen molar-refractivity contribution >= 4 is 17.5 Å². The van der Waals surface area contributed by atoms with E-state index < -0.39 is 11.7 Å². The Balaban J connectivity index is 1.67. The van der Waals surface area contributed by atoms with Crippen molar-refractivity contribution in [1.82, 2.24) is 4.90 Å². The van der Waals surface area contributed by atoms with Crippen molar-refractivity contribution in [2.75, 3.05) is 31.1 Å². The molecule has 1 aromatic rings. The molecule has 2 heterocycles. The molecule has 24 heavy (non-hydrogen) atoms. The molecule has 3 rings (SSSR count). The fraction of sp³-hybridized carbons (Fsp3) is 0.556. The zero-order chi connectivity index (χ0) is 17.3. The van der Waals surface area contributed by atoms with Gasteiger partial charge in [-0.05, 0) is 43.4 Å². The number of hydrogen-bond acceptors (Lipinski definition) is 3. The number of halogens is 1. The third kappa shape index (κ3) is 3.29. The van der Waals surface area contributed by atoms with Crippen molar-refractivity contribution in [2.24, 2.45) is 11.8 Å². The van der Waals surface area contributed by atoms with Crippen LogP contribution in [0.25, 0.3) is 0 Å². The topological polar surface area (TPSA) is 60.9 Å². The summed E-state index contributed by atoms with van der Waals surface area (Å²) in [4.78, 5) is 28.1. The molecule has 1 N–H and O–H groups in total. The van der Waals surface area contributed by atoms with Crippen molar-refractivity contribution in [2.45, 2.75) is 26.2 Å². The number of likely N-dealkylation sites (tertiary alicyclic amines) is 1. The monoisotopic (exact) mass is 334 g/mol. The van der Waals surface area contributed by atoms with Crippen LogP contribution in [0.2, 0.25) is 0 Å². The second-order valence-corrected chi connectivity index (χ2v) is 6.81. The van der Waals surface area contributed by atoms with Crippen LogP contribution < -0.4 is 4.90 Å². The Kier molecular flexibility index (Phi) is 4.85. The molecule has 2 saturated heterocycles. The number of nitrogens with zero attached hydrogens (tertiary/aromatic N) is 2. The van der Waals surface area contributed by atoms with Gasteiger partial charge in [0.2, 0.25) is 11.8 Å². The second kappa shape index (κ2) is 6.89. The fourth-order valence-corrected chi connectivity index (χ4v) is 3.53. The lowest BCUT2D eigenvalue weighted by atomic mass is 9.96. The lowest BCUT2D eigenvalue weighted by Crippen LogP contribution is -2.43. The molecule has 6 heteroatoms. The fourth-order valence-electron chi connectivity index (χ4n) is 3.53.